The molecule has 0 fully saturated rings. The van der Waals surface area contributed by atoms with Crippen LogP contribution >= 0.6 is 0 Å². The Balaban J connectivity index is 4.16. The van der Waals surface area contributed by atoms with Crippen molar-refractivity contribution in [2.75, 3.05) is 13.2 Å². The highest BCUT2D eigenvalue weighted by molar-refractivity contribution is 5.71. The Hall–Kier alpha value is -3.41. The zero-order valence-electron chi connectivity index (χ0n) is 47.4. The predicted molar refractivity (Wildman–Crippen MR) is 311 cm³/mol. The molecule has 1 unspecified atom stereocenters. The first-order chi connectivity index (χ1) is 35.5. The van der Waals surface area contributed by atoms with Crippen LogP contribution in [0.4, 0.5) is 0 Å². The van der Waals surface area contributed by atoms with E-state index >= 15 is 0 Å². The molecule has 0 saturated heterocycles. The van der Waals surface area contributed by atoms with Gasteiger partial charge < -0.3 is 14.2 Å². The average molecular weight is 1000 g/mol. The Labute approximate surface area is 445 Å². The molecule has 0 aliphatic heterocycles. The fourth-order valence-corrected chi connectivity index (χ4v) is 8.60. The van der Waals surface area contributed by atoms with Gasteiger partial charge in [-0.25, -0.2) is 0 Å². The van der Waals surface area contributed by atoms with Crippen LogP contribution in [0.25, 0.3) is 0 Å². The first-order valence-electron chi connectivity index (χ1n) is 30.6. The Morgan fingerprint density at radius 3 is 0.847 bits per heavy atom. The molecule has 0 aliphatic carbocycles. The summed E-state index contributed by atoms with van der Waals surface area (Å²) in [6, 6.07) is 0. The van der Waals surface area contributed by atoms with Crippen molar-refractivity contribution in [3.63, 3.8) is 0 Å². The molecular weight excluding hydrogens is 889 g/mol. The molecule has 0 aliphatic rings. The van der Waals surface area contributed by atoms with Crippen LogP contribution in [0.1, 0.15) is 297 Å². The molecular formula is C66H114O6. The highest BCUT2D eigenvalue weighted by Crippen LogP contribution is 2.16. The van der Waals surface area contributed by atoms with Gasteiger partial charge in [-0.05, 0) is 77.0 Å². The van der Waals surface area contributed by atoms with Gasteiger partial charge >= 0.3 is 17.9 Å². The molecule has 0 heterocycles. The zero-order chi connectivity index (χ0) is 52.2. The van der Waals surface area contributed by atoms with Gasteiger partial charge in [-0.1, -0.05) is 286 Å². The maximum atomic E-state index is 12.8. The van der Waals surface area contributed by atoms with E-state index in [1.165, 1.54) is 148 Å². The van der Waals surface area contributed by atoms with E-state index in [9.17, 15) is 14.4 Å². The van der Waals surface area contributed by atoms with Crippen molar-refractivity contribution < 1.29 is 28.6 Å². The van der Waals surface area contributed by atoms with Crippen molar-refractivity contribution in [3.05, 3.63) is 85.1 Å². The van der Waals surface area contributed by atoms with Crippen molar-refractivity contribution in [2.24, 2.45) is 0 Å². The number of carbonyl (C=O) groups excluding carboxylic acids is 3. The Morgan fingerprint density at radius 2 is 0.542 bits per heavy atom. The fraction of sp³-hybridized carbons (Fsp3) is 0.742. The molecule has 0 bridgehead atoms. The molecule has 0 aromatic carbocycles. The summed E-state index contributed by atoms with van der Waals surface area (Å²) in [4.78, 5) is 38.1. The van der Waals surface area contributed by atoms with Gasteiger partial charge in [-0.15, -0.1) is 0 Å². The highest BCUT2D eigenvalue weighted by atomic mass is 16.6. The van der Waals surface area contributed by atoms with E-state index in [4.69, 9.17) is 14.2 Å². The third kappa shape index (κ3) is 57.5. The van der Waals surface area contributed by atoms with E-state index in [2.05, 4.69) is 106 Å². The lowest BCUT2D eigenvalue weighted by Gasteiger charge is -2.18. The summed E-state index contributed by atoms with van der Waals surface area (Å²) >= 11 is 0. The Bertz CT molecular complexity index is 1380. The first kappa shape index (κ1) is 68.6. The molecule has 6 nitrogen and oxygen atoms in total. The van der Waals surface area contributed by atoms with Gasteiger partial charge in [0.2, 0.25) is 0 Å². The fourth-order valence-electron chi connectivity index (χ4n) is 8.60. The van der Waals surface area contributed by atoms with Gasteiger partial charge in [-0.2, -0.15) is 0 Å². The minimum atomic E-state index is -0.774. The minimum absolute atomic E-state index is 0.0736. The quantitative estimate of drug-likeness (QED) is 0.0261. The van der Waals surface area contributed by atoms with E-state index in [1.807, 2.05) is 0 Å². The van der Waals surface area contributed by atoms with E-state index in [-0.39, 0.29) is 31.1 Å². The minimum Gasteiger partial charge on any atom is -0.462 e. The summed E-state index contributed by atoms with van der Waals surface area (Å²) < 4.78 is 16.8. The summed E-state index contributed by atoms with van der Waals surface area (Å²) in [5.74, 6) is -0.872. The number of esters is 3. The van der Waals surface area contributed by atoms with Gasteiger partial charge in [0.15, 0.2) is 6.10 Å². The van der Waals surface area contributed by atoms with Crippen LogP contribution in [0.3, 0.4) is 0 Å². The SMILES string of the molecule is CC/C=C\C/C=C\C/C=C\C/C=C\C/C=C\C/C=C\C/C=C\CCCCCCCCCCCC(=O)OCC(COC(=O)CCCCCCCCCCC)OC(=O)CCCCCCCCCCCCCCCC. The van der Waals surface area contributed by atoms with Crippen molar-refractivity contribution in [1.82, 2.24) is 0 Å². The van der Waals surface area contributed by atoms with Crippen LogP contribution in [0.2, 0.25) is 0 Å². The maximum absolute atomic E-state index is 12.8. The molecule has 1 atom stereocenters. The first-order valence-corrected chi connectivity index (χ1v) is 30.6. The second-order valence-corrected chi connectivity index (χ2v) is 20.2. The topological polar surface area (TPSA) is 78.9 Å². The van der Waals surface area contributed by atoms with Gasteiger partial charge in [0.05, 0.1) is 0 Å². The highest BCUT2D eigenvalue weighted by Gasteiger charge is 2.19. The molecule has 6 heteroatoms. The molecule has 0 spiro atoms. The van der Waals surface area contributed by atoms with Gasteiger partial charge in [0.1, 0.15) is 13.2 Å². The summed E-state index contributed by atoms with van der Waals surface area (Å²) in [5.41, 5.74) is 0. The lowest BCUT2D eigenvalue weighted by molar-refractivity contribution is -0.167. The number of ether oxygens (including phenoxy) is 3. The smallest absolute Gasteiger partial charge is 0.306 e. The second-order valence-electron chi connectivity index (χ2n) is 20.2. The lowest BCUT2D eigenvalue weighted by Crippen LogP contribution is -2.30. The zero-order valence-corrected chi connectivity index (χ0v) is 47.4. The molecule has 0 aromatic heterocycles. The number of hydrogen-bond donors (Lipinski definition) is 0. The van der Waals surface area contributed by atoms with Crippen molar-refractivity contribution >= 4 is 17.9 Å². The summed E-state index contributed by atoms with van der Waals surface area (Å²) in [6.07, 6.45) is 78.8. The number of hydrogen-bond acceptors (Lipinski definition) is 6. The monoisotopic (exact) mass is 1000 g/mol. The lowest BCUT2D eigenvalue weighted by atomic mass is 10.0. The van der Waals surface area contributed by atoms with Crippen molar-refractivity contribution in [1.29, 1.82) is 0 Å². The number of rotatable bonds is 55. The molecule has 0 rings (SSSR count). The molecule has 0 saturated carbocycles. The second kappa shape index (κ2) is 60.1. The molecule has 0 radical (unpaired) electrons. The number of carbonyl (C=O) groups is 3. The summed E-state index contributed by atoms with van der Waals surface area (Å²) in [7, 11) is 0. The van der Waals surface area contributed by atoms with Gasteiger partial charge in [0, 0.05) is 19.3 Å². The van der Waals surface area contributed by atoms with Crippen LogP contribution in [0, 0.1) is 0 Å². The van der Waals surface area contributed by atoms with Crippen molar-refractivity contribution in [2.45, 2.75) is 303 Å². The van der Waals surface area contributed by atoms with E-state index in [1.54, 1.807) is 0 Å². The van der Waals surface area contributed by atoms with Crippen LogP contribution in [-0.2, 0) is 28.6 Å². The van der Waals surface area contributed by atoms with Crippen LogP contribution in [0.5, 0.6) is 0 Å². The molecule has 0 N–H and O–H groups in total. The summed E-state index contributed by atoms with van der Waals surface area (Å²) in [6.45, 7) is 6.52. The van der Waals surface area contributed by atoms with Crippen LogP contribution < -0.4 is 0 Å². The molecule has 0 aromatic rings. The van der Waals surface area contributed by atoms with E-state index in [0.717, 1.165) is 109 Å². The maximum Gasteiger partial charge on any atom is 0.306 e. The molecule has 72 heavy (non-hydrogen) atoms. The largest absolute Gasteiger partial charge is 0.462 e. The Morgan fingerprint density at radius 1 is 0.292 bits per heavy atom. The number of unbranched alkanes of at least 4 members (excludes halogenated alkanes) is 30. The van der Waals surface area contributed by atoms with Crippen LogP contribution in [-0.4, -0.2) is 37.2 Å². The summed E-state index contributed by atoms with van der Waals surface area (Å²) in [5, 5.41) is 0. The van der Waals surface area contributed by atoms with Crippen LogP contribution in [0.15, 0.2) is 85.1 Å². The van der Waals surface area contributed by atoms with E-state index in [0.29, 0.717) is 19.3 Å². The van der Waals surface area contributed by atoms with E-state index < -0.39 is 6.10 Å². The Kier molecular flexibility index (Phi) is 57.3. The third-order valence-corrected chi connectivity index (χ3v) is 13.2. The normalized spacial score (nSPS) is 12.7. The van der Waals surface area contributed by atoms with Gasteiger partial charge in [-0.3, -0.25) is 14.4 Å². The third-order valence-electron chi connectivity index (χ3n) is 13.2. The average Bonchev–Trinajstić information content (AvgIpc) is 3.38. The molecule has 414 valence electrons. The van der Waals surface area contributed by atoms with Gasteiger partial charge in [0.25, 0.3) is 0 Å². The standard InChI is InChI=1S/C66H114O6/c1-4-7-10-13-16-19-21-23-25-26-27-28-29-30-31-32-33-34-35-36-37-38-39-40-41-43-44-47-50-53-56-59-65(68)71-62-63(61-70-64(67)58-55-52-49-46-18-15-12-9-6-3)72-66(69)60-57-54-51-48-45-42-24-22-20-17-14-11-8-5-2/h7,10,16,19,23,25,27-28,30-31,33-34,36-37,63H,4-6,8-9,11-15,17-18,20-22,24,26,29,32,35,38-62H2,1-3H3/b10-7-,19-16-,25-23-,28-27-,31-30-,34-33-,37-36-. The predicted octanol–water partition coefficient (Wildman–Crippen LogP) is 20.7. The van der Waals surface area contributed by atoms with Crippen molar-refractivity contribution in [3.8, 4) is 0 Å². The molecule has 0 amide bonds. The number of allylic oxidation sites excluding steroid dienone is 14.